The Balaban J connectivity index is 2.02. The molecule has 1 aliphatic heterocycles. The van der Waals surface area contributed by atoms with Crippen molar-refractivity contribution in [2.45, 2.75) is 0 Å². The first-order chi connectivity index (χ1) is 9.65. The highest BCUT2D eigenvalue weighted by Crippen LogP contribution is 2.25. The Labute approximate surface area is 124 Å². The fourth-order valence-corrected chi connectivity index (χ4v) is 2.15. The lowest BCUT2D eigenvalue weighted by Crippen LogP contribution is -2.13. The van der Waals surface area contributed by atoms with E-state index in [9.17, 15) is 4.79 Å². The molecule has 0 atom stereocenters. The van der Waals surface area contributed by atoms with Gasteiger partial charge >= 0.3 is 0 Å². The zero-order chi connectivity index (χ0) is 14.1. The van der Waals surface area contributed by atoms with Crippen molar-refractivity contribution in [3.63, 3.8) is 0 Å². The van der Waals surface area contributed by atoms with Gasteiger partial charge in [-0.2, -0.15) is 5.10 Å². The van der Waals surface area contributed by atoms with E-state index in [0.717, 1.165) is 5.56 Å². The van der Waals surface area contributed by atoms with Gasteiger partial charge in [0.25, 0.3) is 5.91 Å². The molecule has 2 heterocycles. The number of benzene rings is 1. The Morgan fingerprint density at radius 3 is 2.75 bits per heavy atom. The number of hydrogen-bond acceptors (Lipinski definition) is 3. The molecule has 1 amide bonds. The Hall–Kier alpha value is -2.04. The first-order valence-corrected chi connectivity index (χ1v) is 6.50. The maximum absolute atomic E-state index is 11.8. The van der Waals surface area contributed by atoms with Gasteiger partial charge in [-0.05, 0) is 35.9 Å². The molecule has 1 aromatic heterocycles. The highest BCUT2D eigenvalue weighted by atomic mass is 35.5. The maximum atomic E-state index is 11.8. The van der Waals surface area contributed by atoms with Crippen molar-refractivity contribution < 1.29 is 9.21 Å². The van der Waals surface area contributed by atoms with Gasteiger partial charge < -0.3 is 4.42 Å². The van der Waals surface area contributed by atoms with Crippen molar-refractivity contribution in [3.8, 4) is 0 Å². The van der Waals surface area contributed by atoms with Crippen LogP contribution in [0, 0.1) is 0 Å². The summed E-state index contributed by atoms with van der Waals surface area (Å²) in [5, 5.41) is 4.86. The van der Waals surface area contributed by atoms with Crippen LogP contribution in [0.25, 0.3) is 6.08 Å². The molecule has 2 aromatic rings. The molecule has 0 saturated carbocycles. The molecular formula is C14H8Cl2N2O2. The van der Waals surface area contributed by atoms with E-state index >= 15 is 0 Å². The van der Waals surface area contributed by atoms with Gasteiger partial charge in [-0.3, -0.25) is 4.79 Å². The fraction of sp³-hybridized carbons (Fsp3) is 0. The second-order valence-corrected chi connectivity index (χ2v) is 4.92. The molecule has 6 heteroatoms. The number of nitrogens with one attached hydrogen (secondary N) is 1. The molecule has 20 heavy (non-hydrogen) atoms. The van der Waals surface area contributed by atoms with Crippen LogP contribution in [0.15, 0.2) is 51.7 Å². The van der Waals surface area contributed by atoms with E-state index in [4.69, 9.17) is 27.6 Å². The number of rotatable bonds is 2. The van der Waals surface area contributed by atoms with Crippen molar-refractivity contribution >= 4 is 40.9 Å². The van der Waals surface area contributed by atoms with E-state index in [0.29, 0.717) is 27.1 Å². The number of furan rings is 1. The normalized spacial score (nSPS) is 16.4. The standard InChI is InChI=1S/C14H8Cl2N2O2/c15-10-4-3-8(7-11(10)16)6-9-13(17-18-14(9)19)12-2-1-5-20-12/h1-7H,(H,18,19)/b9-6-. The molecule has 0 spiro atoms. The molecule has 3 rings (SSSR count). The third-order valence-electron chi connectivity index (χ3n) is 2.78. The smallest absolute Gasteiger partial charge is 0.273 e. The molecule has 0 aliphatic carbocycles. The minimum atomic E-state index is -0.289. The molecule has 0 saturated heterocycles. The van der Waals surface area contributed by atoms with Crippen LogP contribution in [0.4, 0.5) is 0 Å². The molecule has 0 unspecified atom stereocenters. The summed E-state index contributed by atoms with van der Waals surface area (Å²) < 4.78 is 5.27. The van der Waals surface area contributed by atoms with Crippen molar-refractivity contribution in [1.29, 1.82) is 0 Å². The quantitative estimate of drug-likeness (QED) is 0.863. The highest BCUT2D eigenvalue weighted by Gasteiger charge is 2.25. The van der Waals surface area contributed by atoms with Crippen molar-refractivity contribution in [2.75, 3.05) is 0 Å². The lowest BCUT2D eigenvalue weighted by atomic mass is 10.1. The average Bonchev–Trinajstić information content (AvgIpc) is 3.05. The molecule has 0 bridgehead atoms. The molecule has 1 N–H and O–H groups in total. The fourth-order valence-electron chi connectivity index (χ4n) is 1.84. The lowest BCUT2D eigenvalue weighted by molar-refractivity contribution is -0.116. The molecule has 0 fully saturated rings. The summed E-state index contributed by atoms with van der Waals surface area (Å²) in [6.07, 6.45) is 3.21. The Morgan fingerprint density at radius 1 is 1.20 bits per heavy atom. The van der Waals surface area contributed by atoms with Crippen LogP contribution >= 0.6 is 23.2 Å². The monoisotopic (exact) mass is 306 g/mol. The highest BCUT2D eigenvalue weighted by molar-refractivity contribution is 6.42. The van der Waals surface area contributed by atoms with E-state index in [1.165, 1.54) is 6.26 Å². The van der Waals surface area contributed by atoms with Gasteiger partial charge in [0, 0.05) is 0 Å². The number of hydrogen-bond donors (Lipinski definition) is 1. The van der Waals surface area contributed by atoms with Gasteiger partial charge in [0.05, 0.1) is 21.9 Å². The van der Waals surface area contributed by atoms with Crippen LogP contribution in [0.2, 0.25) is 10.0 Å². The van der Waals surface area contributed by atoms with Crippen LogP contribution in [0.5, 0.6) is 0 Å². The van der Waals surface area contributed by atoms with E-state index in [-0.39, 0.29) is 5.91 Å². The summed E-state index contributed by atoms with van der Waals surface area (Å²) in [6.45, 7) is 0. The largest absolute Gasteiger partial charge is 0.463 e. The van der Waals surface area contributed by atoms with Gasteiger partial charge in [-0.25, -0.2) is 5.43 Å². The summed E-state index contributed by atoms with van der Waals surface area (Å²) in [6, 6.07) is 8.60. The van der Waals surface area contributed by atoms with Crippen molar-refractivity contribution in [1.82, 2.24) is 5.43 Å². The van der Waals surface area contributed by atoms with Crippen LogP contribution in [-0.2, 0) is 4.79 Å². The molecule has 4 nitrogen and oxygen atoms in total. The van der Waals surface area contributed by atoms with Crippen LogP contribution in [0.3, 0.4) is 0 Å². The average molecular weight is 307 g/mol. The molecular weight excluding hydrogens is 299 g/mol. The second-order valence-electron chi connectivity index (χ2n) is 4.11. The zero-order valence-electron chi connectivity index (χ0n) is 10.1. The van der Waals surface area contributed by atoms with E-state index in [1.807, 2.05) is 0 Å². The van der Waals surface area contributed by atoms with Crippen LogP contribution in [-0.4, -0.2) is 11.6 Å². The van der Waals surface area contributed by atoms with Gasteiger partial charge in [-0.15, -0.1) is 0 Å². The Kier molecular flexibility index (Phi) is 3.34. The lowest BCUT2D eigenvalue weighted by Gasteiger charge is -2.01. The van der Waals surface area contributed by atoms with Gasteiger partial charge in [0.2, 0.25) is 0 Å². The zero-order valence-corrected chi connectivity index (χ0v) is 11.6. The van der Waals surface area contributed by atoms with E-state index in [1.54, 1.807) is 36.4 Å². The predicted molar refractivity (Wildman–Crippen MR) is 77.8 cm³/mol. The summed E-state index contributed by atoms with van der Waals surface area (Å²) in [7, 11) is 0. The minimum Gasteiger partial charge on any atom is -0.463 e. The van der Waals surface area contributed by atoms with Crippen molar-refractivity contribution in [2.24, 2.45) is 5.10 Å². The summed E-state index contributed by atoms with van der Waals surface area (Å²) in [5.41, 5.74) is 4.05. The number of amides is 1. The number of carbonyl (C=O) groups is 1. The predicted octanol–water partition coefficient (Wildman–Crippen LogP) is 3.50. The minimum absolute atomic E-state index is 0.289. The SMILES string of the molecule is O=C1NN=C(c2ccco2)/C1=C/c1ccc(Cl)c(Cl)c1. The molecule has 100 valence electrons. The van der Waals surface area contributed by atoms with Gasteiger partial charge in [0.15, 0.2) is 5.76 Å². The Morgan fingerprint density at radius 2 is 2.05 bits per heavy atom. The van der Waals surface area contributed by atoms with Gasteiger partial charge in [0.1, 0.15) is 5.71 Å². The topological polar surface area (TPSA) is 54.6 Å². The third-order valence-corrected chi connectivity index (χ3v) is 3.52. The Bertz CT molecular complexity index is 734. The first-order valence-electron chi connectivity index (χ1n) is 5.74. The summed E-state index contributed by atoms with van der Waals surface area (Å²) in [5.74, 6) is 0.233. The summed E-state index contributed by atoms with van der Waals surface area (Å²) >= 11 is 11.8. The molecule has 1 aromatic carbocycles. The van der Waals surface area contributed by atoms with E-state index in [2.05, 4.69) is 10.5 Å². The van der Waals surface area contributed by atoms with Crippen LogP contribution < -0.4 is 5.43 Å². The summed E-state index contributed by atoms with van der Waals surface area (Å²) in [4.78, 5) is 11.8. The molecule has 1 aliphatic rings. The van der Waals surface area contributed by atoms with E-state index < -0.39 is 0 Å². The maximum Gasteiger partial charge on any atom is 0.273 e. The first kappa shape index (κ1) is 13.0. The number of halogens is 2. The van der Waals surface area contributed by atoms with Gasteiger partial charge in [-0.1, -0.05) is 29.3 Å². The van der Waals surface area contributed by atoms with Crippen molar-refractivity contribution in [3.05, 3.63) is 63.5 Å². The number of hydrazone groups is 1. The second kappa shape index (κ2) is 5.15. The number of nitrogens with zero attached hydrogens (tertiary/aromatic N) is 1. The number of carbonyl (C=O) groups excluding carboxylic acids is 1. The van der Waals surface area contributed by atoms with Crippen LogP contribution in [0.1, 0.15) is 11.3 Å². The molecule has 0 radical (unpaired) electrons. The third kappa shape index (κ3) is 2.35.